The fraction of sp³-hybridized carbons (Fsp3) is 0.167. The van der Waals surface area contributed by atoms with Gasteiger partial charge in [-0.3, -0.25) is 0 Å². The molecule has 0 fully saturated rings. The molecule has 0 atom stereocenters. The van der Waals surface area contributed by atoms with Gasteiger partial charge in [-0.05, 0) is 12.2 Å². The molecule has 70 valence electrons. The molecule has 0 N–H and O–H groups in total. The third kappa shape index (κ3) is 2.30. The first-order valence-corrected chi connectivity index (χ1v) is 4.50. The molecule has 0 aliphatic heterocycles. The van der Waals surface area contributed by atoms with E-state index < -0.39 is 0 Å². The number of hydrogen-bond acceptors (Lipinski definition) is 2. The third-order valence-electron chi connectivity index (χ3n) is 1.88. The molecule has 2 rings (SSSR count). The van der Waals surface area contributed by atoms with Gasteiger partial charge in [0.25, 0.3) is 0 Å². The van der Waals surface area contributed by atoms with Crippen LogP contribution < -0.4 is 0 Å². The molecule has 2 heteroatoms. The van der Waals surface area contributed by atoms with Crippen molar-refractivity contribution in [1.82, 2.24) is 0 Å². The van der Waals surface area contributed by atoms with E-state index in [9.17, 15) is 0 Å². The fourth-order valence-corrected chi connectivity index (χ4v) is 1.18. The van der Waals surface area contributed by atoms with E-state index in [1.165, 1.54) is 0 Å². The minimum Gasteiger partial charge on any atom is -0.409 e. The van der Waals surface area contributed by atoms with Crippen molar-refractivity contribution in [2.24, 2.45) is 0 Å². The fourth-order valence-electron chi connectivity index (χ4n) is 1.18. The molecule has 0 aromatic heterocycles. The van der Waals surface area contributed by atoms with E-state index in [0.717, 1.165) is 24.4 Å². The highest BCUT2D eigenvalue weighted by atomic mass is 16.5. The largest absolute Gasteiger partial charge is 0.409 e. The first-order valence-electron chi connectivity index (χ1n) is 4.50. The van der Waals surface area contributed by atoms with Crippen molar-refractivity contribution in [2.75, 3.05) is 0 Å². The Morgan fingerprint density at radius 3 is 1.71 bits per heavy atom. The molecule has 2 aliphatic rings. The van der Waals surface area contributed by atoms with E-state index in [1.54, 1.807) is 0 Å². The molecule has 0 heterocycles. The van der Waals surface area contributed by atoms with E-state index in [1.807, 2.05) is 36.5 Å². The Labute approximate surface area is 83.2 Å². The summed E-state index contributed by atoms with van der Waals surface area (Å²) in [6, 6.07) is 0. The van der Waals surface area contributed by atoms with Crippen LogP contribution in [0.3, 0.4) is 0 Å². The molecule has 0 spiro atoms. The van der Waals surface area contributed by atoms with Crippen molar-refractivity contribution >= 4 is 0 Å². The summed E-state index contributed by atoms with van der Waals surface area (Å²) in [5.74, 6) is 1.72. The molecular weight excluding hydrogens is 176 g/mol. The van der Waals surface area contributed by atoms with Gasteiger partial charge in [-0.15, -0.1) is 0 Å². The summed E-state index contributed by atoms with van der Waals surface area (Å²) >= 11 is 0. The summed E-state index contributed by atoms with van der Waals surface area (Å²) < 4.78 is 10.3. The SMILES string of the molecule is C(#COC1=CC=CC1)OC1=CC=CC1. The maximum atomic E-state index is 5.13. The van der Waals surface area contributed by atoms with E-state index in [-0.39, 0.29) is 0 Å². The van der Waals surface area contributed by atoms with Gasteiger partial charge >= 0.3 is 0 Å². The Bertz CT molecular complexity index is 350. The van der Waals surface area contributed by atoms with Crippen LogP contribution in [0, 0.1) is 12.2 Å². The second-order valence-electron chi connectivity index (χ2n) is 2.94. The summed E-state index contributed by atoms with van der Waals surface area (Å²) in [5, 5.41) is 0. The zero-order valence-corrected chi connectivity index (χ0v) is 7.69. The van der Waals surface area contributed by atoms with E-state index >= 15 is 0 Å². The van der Waals surface area contributed by atoms with Crippen molar-refractivity contribution in [3.63, 3.8) is 0 Å². The van der Waals surface area contributed by atoms with Crippen LogP contribution >= 0.6 is 0 Å². The quantitative estimate of drug-likeness (QED) is 0.617. The van der Waals surface area contributed by atoms with Crippen LogP contribution in [0.5, 0.6) is 0 Å². The normalized spacial score (nSPS) is 17.1. The van der Waals surface area contributed by atoms with Crippen molar-refractivity contribution in [3.05, 3.63) is 48.0 Å². The zero-order valence-electron chi connectivity index (χ0n) is 7.69. The second-order valence-corrected chi connectivity index (χ2v) is 2.94. The van der Waals surface area contributed by atoms with Gasteiger partial charge in [0.1, 0.15) is 11.5 Å². The number of hydrogen-bond donors (Lipinski definition) is 0. The molecule has 0 aromatic rings. The van der Waals surface area contributed by atoms with Gasteiger partial charge in [-0.2, -0.15) is 0 Å². The van der Waals surface area contributed by atoms with Gasteiger partial charge < -0.3 is 9.47 Å². The van der Waals surface area contributed by atoms with Gasteiger partial charge in [0.2, 0.25) is 0 Å². The van der Waals surface area contributed by atoms with Crippen molar-refractivity contribution < 1.29 is 9.47 Å². The summed E-state index contributed by atoms with van der Waals surface area (Å²) in [6.07, 6.45) is 18.4. The van der Waals surface area contributed by atoms with E-state index in [0.29, 0.717) is 0 Å². The zero-order chi connectivity index (χ0) is 9.64. The molecule has 0 saturated carbocycles. The third-order valence-corrected chi connectivity index (χ3v) is 1.88. The van der Waals surface area contributed by atoms with E-state index in [2.05, 4.69) is 12.2 Å². The Morgan fingerprint density at radius 1 is 0.857 bits per heavy atom. The molecule has 2 aliphatic carbocycles. The molecule has 0 saturated heterocycles. The highest BCUT2D eigenvalue weighted by molar-refractivity contribution is 5.21. The summed E-state index contributed by atoms with van der Waals surface area (Å²) in [7, 11) is 0. The molecule has 2 nitrogen and oxygen atoms in total. The van der Waals surface area contributed by atoms with Crippen LogP contribution in [0.1, 0.15) is 12.8 Å². The summed E-state index contributed by atoms with van der Waals surface area (Å²) in [4.78, 5) is 0. The van der Waals surface area contributed by atoms with Gasteiger partial charge in [0.15, 0.2) is 12.2 Å². The van der Waals surface area contributed by atoms with Crippen LogP contribution in [0.4, 0.5) is 0 Å². The molecule has 0 aromatic carbocycles. The van der Waals surface area contributed by atoms with Gasteiger partial charge in [0, 0.05) is 12.8 Å². The smallest absolute Gasteiger partial charge is 0.161 e. The van der Waals surface area contributed by atoms with E-state index in [4.69, 9.17) is 9.47 Å². The van der Waals surface area contributed by atoms with Crippen LogP contribution in [-0.4, -0.2) is 0 Å². The van der Waals surface area contributed by atoms with Crippen LogP contribution in [0.15, 0.2) is 48.0 Å². The van der Waals surface area contributed by atoms with Gasteiger partial charge in [-0.1, -0.05) is 24.3 Å². The number of allylic oxidation sites excluding steroid dienone is 6. The van der Waals surface area contributed by atoms with Crippen molar-refractivity contribution in [1.29, 1.82) is 0 Å². The minimum atomic E-state index is 0.818. The van der Waals surface area contributed by atoms with Gasteiger partial charge in [-0.25, -0.2) is 0 Å². The maximum Gasteiger partial charge on any atom is 0.161 e. The molecule has 0 amide bonds. The summed E-state index contributed by atoms with van der Waals surface area (Å²) in [5.41, 5.74) is 0. The number of rotatable bonds is 2. The average molecular weight is 186 g/mol. The van der Waals surface area contributed by atoms with Gasteiger partial charge in [0.05, 0.1) is 0 Å². The first-order chi connectivity index (χ1) is 6.95. The second kappa shape index (κ2) is 4.38. The molecule has 0 unspecified atom stereocenters. The lowest BCUT2D eigenvalue weighted by atomic mass is 10.4. The minimum absolute atomic E-state index is 0.818. The topological polar surface area (TPSA) is 18.5 Å². The Balaban J connectivity index is 1.72. The van der Waals surface area contributed by atoms with Crippen LogP contribution in [0.25, 0.3) is 0 Å². The standard InChI is InChI=1S/C12H10O2/c1-2-6-11(5-1)13-9-10-14-12-7-3-4-8-12/h1-5,7H,6,8H2. The Morgan fingerprint density at radius 2 is 1.36 bits per heavy atom. The predicted octanol–water partition coefficient (Wildman–Crippen LogP) is 2.63. The Kier molecular flexibility index (Phi) is 2.73. The highest BCUT2D eigenvalue weighted by Gasteiger charge is 1.99. The monoisotopic (exact) mass is 186 g/mol. The first kappa shape index (κ1) is 8.71. The molecule has 0 bridgehead atoms. The molecule has 0 radical (unpaired) electrons. The Hall–Kier alpha value is -1.88. The highest BCUT2D eigenvalue weighted by Crippen LogP contribution is 2.12. The lowest BCUT2D eigenvalue weighted by Gasteiger charge is -1.95. The predicted molar refractivity (Wildman–Crippen MR) is 53.6 cm³/mol. The van der Waals surface area contributed by atoms with Crippen LogP contribution in [-0.2, 0) is 9.47 Å². The van der Waals surface area contributed by atoms with Crippen LogP contribution in [0.2, 0.25) is 0 Å². The number of ether oxygens (including phenoxy) is 2. The average Bonchev–Trinajstić information content (AvgIpc) is 2.86. The lowest BCUT2D eigenvalue weighted by molar-refractivity contribution is 0.343. The molecule has 14 heavy (non-hydrogen) atoms. The molecular formula is C12H10O2. The lowest BCUT2D eigenvalue weighted by Crippen LogP contribution is -1.83. The summed E-state index contributed by atoms with van der Waals surface area (Å²) in [6.45, 7) is 0. The maximum absolute atomic E-state index is 5.13. The van der Waals surface area contributed by atoms with Crippen molar-refractivity contribution in [2.45, 2.75) is 12.8 Å². The van der Waals surface area contributed by atoms with Crippen molar-refractivity contribution in [3.8, 4) is 12.2 Å².